The van der Waals surface area contributed by atoms with Crippen molar-refractivity contribution in [3.63, 3.8) is 0 Å². The number of rotatable bonds is 4. The summed E-state index contributed by atoms with van der Waals surface area (Å²) in [6.45, 7) is 3.64. The van der Waals surface area contributed by atoms with Gasteiger partial charge >= 0.3 is 0 Å². The lowest BCUT2D eigenvalue weighted by Crippen LogP contribution is -2.44. The summed E-state index contributed by atoms with van der Waals surface area (Å²) >= 11 is 3.57. The van der Waals surface area contributed by atoms with Crippen LogP contribution in [0.3, 0.4) is 0 Å². The molecule has 2 aliphatic rings. The Morgan fingerprint density at radius 3 is 2.95 bits per heavy atom. The summed E-state index contributed by atoms with van der Waals surface area (Å²) in [5.41, 5.74) is 1.98. The quantitative estimate of drug-likeness (QED) is 0.855. The van der Waals surface area contributed by atoms with Crippen LogP contribution in [-0.2, 0) is 4.74 Å². The molecule has 110 valence electrons. The lowest BCUT2D eigenvalue weighted by Gasteiger charge is -2.30. The normalized spacial score (nSPS) is 26.1. The molecule has 3 rings (SSSR count). The highest BCUT2D eigenvalue weighted by atomic mass is 32.2. The van der Waals surface area contributed by atoms with Crippen molar-refractivity contribution in [3.05, 3.63) is 21.9 Å². The van der Waals surface area contributed by atoms with E-state index in [4.69, 9.17) is 4.74 Å². The predicted molar refractivity (Wildman–Crippen MR) is 84.8 cm³/mol. The van der Waals surface area contributed by atoms with E-state index in [1.807, 2.05) is 24.1 Å². The molecule has 0 radical (unpaired) electrons. The molecule has 0 aliphatic carbocycles. The van der Waals surface area contributed by atoms with Crippen molar-refractivity contribution >= 4 is 29.0 Å². The zero-order valence-corrected chi connectivity index (χ0v) is 13.5. The molecule has 0 aromatic carbocycles. The monoisotopic (exact) mass is 311 g/mol. The highest BCUT2D eigenvalue weighted by molar-refractivity contribution is 7.99. The van der Waals surface area contributed by atoms with Crippen LogP contribution in [0.4, 0.5) is 0 Å². The molecular weight excluding hydrogens is 290 g/mol. The molecule has 2 atom stereocenters. The van der Waals surface area contributed by atoms with Crippen molar-refractivity contribution in [2.24, 2.45) is 0 Å². The Balaban J connectivity index is 1.76. The van der Waals surface area contributed by atoms with Crippen LogP contribution >= 0.6 is 23.1 Å². The molecule has 1 aromatic heterocycles. The smallest absolute Gasteiger partial charge is 0.255 e. The maximum absolute atomic E-state index is 12.9. The van der Waals surface area contributed by atoms with Gasteiger partial charge in [-0.2, -0.15) is 23.1 Å². The number of thiophene rings is 1. The Morgan fingerprint density at radius 1 is 1.45 bits per heavy atom. The first kappa shape index (κ1) is 14.4. The Hall–Kier alpha value is -0.520. The number of aryl methyl sites for hydroxylation is 1. The van der Waals surface area contributed by atoms with E-state index in [2.05, 4.69) is 10.3 Å². The second kappa shape index (κ2) is 6.50. The number of nitrogens with zero attached hydrogens (tertiary/aromatic N) is 1. The summed E-state index contributed by atoms with van der Waals surface area (Å²) < 4.78 is 5.74. The zero-order chi connectivity index (χ0) is 13.9. The number of carbonyl (C=O) groups excluding carboxylic acids is 1. The van der Waals surface area contributed by atoms with E-state index in [0.29, 0.717) is 6.04 Å². The van der Waals surface area contributed by atoms with Gasteiger partial charge in [0.05, 0.1) is 11.7 Å². The molecular formula is C15H21NO2S2. The standard InChI is InChI=1S/C15H21NO2S2/c1-11-8-20-10-14(11)15(17)16(12-4-6-19-9-12)7-13-3-2-5-18-13/h8,10,12-13H,2-7,9H2,1H3/t12-,13-/m1/s1. The van der Waals surface area contributed by atoms with Gasteiger partial charge in [0.25, 0.3) is 5.91 Å². The first-order chi connectivity index (χ1) is 9.75. The first-order valence-corrected chi connectivity index (χ1v) is 9.38. The fourth-order valence-corrected chi connectivity index (χ4v) is 4.95. The highest BCUT2D eigenvalue weighted by Crippen LogP contribution is 2.27. The van der Waals surface area contributed by atoms with Gasteiger partial charge in [0, 0.05) is 30.3 Å². The molecule has 0 N–H and O–H groups in total. The van der Waals surface area contributed by atoms with E-state index in [9.17, 15) is 4.79 Å². The Morgan fingerprint density at radius 2 is 2.35 bits per heavy atom. The summed E-state index contributed by atoms with van der Waals surface area (Å²) in [6, 6.07) is 0.385. The topological polar surface area (TPSA) is 29.5 Å². The number of carbonyl (C=O) groups is 1. The van der Waals surface area contributed by atoms with E-state index in [-0.39, 0.29) is 12.0 Å². The fraction of sp³-hybridized carbons (Fsp3) is 0.667. The van der Waals surface area contributed by atoms with E-state index < -0.39 is 0 Å². The molecule has 2 aliphatic heterocycles. The van der Waals surface area contributed by atoms with Gasteiger partial charge in [0.2, 0.25) is 0 Å². The van der Waals surface area contributed by atoms with Crippen LogP contribution in [-0.4, -0.2) is 47.6 Å². The summed E-state index contributed by atoms with van der Waals surface area (Å²) in [6.07, 6.45) is 3.57. The van der Waals surface area contributed by atoms with Crippen molar-refractivity contribution in [1.82, 2.24) is 4.90 Å². The third-order valence-corrected chi connectivity index (χ3v) is 6.12. The van der Waals surface area contributed by atoms with Crippen LogP contribution in [0, 0.1) is 6.92 Å². The largest absolute Gasteiger partial charge is 0.376 e. The Bertz CT molecular complexity index is 462. The fourth-order valence-electron chi connectivity index (χ4n) is 2.91. The minimum Gasteiger partial charge on any atom is -0.376 e. The summed E-state index contributed by atoms with van der Waals surface area (Å²) in [4.78, 5) is 15.0. The number of thioether (sulfide) groups is 1. The Kier molecular flexibility index (Phi) is 4.68. The molecule has 0 bridgehead atoms. The molecule has 0 spiro atoms. The van der Waals surface area contributed by atoms with Gasteiger partial charge < -0.3 is 9.64 Å². The SMILES string of the molecule is Cc1cscc1C(=O)N(C[C@H]1CCCO1)[C@@H]1CCSC1. The maximum Gasteiger partial charge on any atom is 0.255 e. The van der Waals surface area contributed by atoms with Gasteiger partial charge in [-0.25, -0.2) is 0 Å². The van der Waals surface area contributed by atoms with E-state index in [1.54, 1.807) is 11.3 Å². The maximum atomic E-state index is 12.9. The van der Waals surface area contributed by atoms with Crippen LogP contribution in [0.5, 0.6) is 0 Å². The molecule has 1 aromatic rings. The van der Waals surface area contributed by atoms with Crippen LogP contribution in [0.25, 0.3) is 0 Å². The molecule has 5 heteroatoms. The third kappa shape index (κ3) is 3.05. The average Bonchev–Trinajstić information content (AvgIpc) is 3.17. The highest BCUT2D eigenvalue weighted by Gasteiger charge is 2.31. The Labute approximate surface area is 128 Å². The zero-order valence-electron chi connectivity index (χ0n) is 11.8. The number of ether oxygens (including phenoxy) is 1. The van der Waals surface area contributed by atoms with E-state index in [0.717, 1.165) is 49.3 Å². The van der Waals surface area contributed by atoms with E-state index >= 15 is 0 Å². The number of hydrogen-bond donors (Lipinski definition) is 0. The molecule has 2 fully saturated rings. The molecule has 3 heterocycles. The predicted octanol–water partition coefficient (Wildman–Crippen LogP) is 3.18. The number of hydrogen-bond acceptors (Lipinski definition) is 4. The summed E-state index contributed by atoms with van der Waals surface area (Å²) in [7, 11) is 0. The molecule has 3 nitrogen and oxygen atoms in total. The average molecular weight is 311 g/mol. The molecule has 2 saturated heterocycles. The second-order valence-electron chi connectivity index (χ2n) is 5.58. The van der Waals surface area contributed by atoms with Crippen molar-refractivity contribution in [2.45, 2.75) is 38.3 Å². The van der Waals surface area contributed by atoms with Gasteiger partial charge in [-0.3, -0.25) is 4.79 Å². The first-order valence-electron chi connectivity index (χ1n) is 7.29. The summed E-state index contributed by atoms with van der Waals surface area (Å²) in [5, 5.41) is 4.04. The lowest BCUT2D eigenvalue weighted by molar-refractivity contribution is 0.0441. The van der Waals surface area contributed by atoms with Gasteiger partial charge in [-0.05, 0) is 42.9 Å². The number of amides is 1. The van der Waals surface area contributed by atoms with Gasteiger partial charge in [-0.1, -0.05) is 0 Å². The van der Waals surface area contributed by atoms with Crippen molar-refractivity contribution in [3.8, 4) is 0 Å². The van der Waals surface area contributed by atoms with Gasteiger partial charge in [0.1, 0.15) is 0 Å². The molecule has 0 unspecified atom stereocenters. The lowest BCUT2D eigenvalue weighted by atomic mass is 10.1. The van der Waals surface area contributed by atoms with E-state index in [1.165, 1.54) is 5.75 Å². The van der Waals surface area contributed by atoms with Crippen LogP contribution in [0.1, 0.15) is 35.2 Å². The van der Waals surface area contributed by atoms with Gasteiger partial charge in [0.15, 0.2) is 0 Å². The molecule has 20 heavy (non-hydrogen) atoms. The van der Waals surface area contributed by atoms with Crippen LogP contribution in [0.15, 0.2) is 10.8 Å². The van der Waals surface area contributed by atoms with Crippen molar-refractivity contribution in [2.75, 3.05) is 24.7 Å². The molecule has 0 saturated carbocycles. The van der Waals surface area contributed by atoms with Crippen molar-refractivity contribution in [1.29, 1.82) is 0 Å². The third-order valence-electron chi connectivity index (χ3n) is 4.12. The second-order valence-corrected chi connectivity index (χ2v) is 7.47. The summed E-state index contributed by atoms with van der Waals surface area (Å²) in [5.74, 6) is 2.44. The van der Waals surface area contributed by atoms with Crippen molar-refractivity contribution < 1.29 is 9.53 Å². The minimum absolute atomic E-state index is 0.201. The van der Waals surface area contributed by atoms with Crippen LogP contribution in [0.2, 0.25) is 0 Å². The minimum atomic E-state index is 0.201. The molecule has 1 amide bonds. The van der Waals surface area contributed by atoms with Gasteiger partial charge in [-0.15, -0.1) is 0 Å². The van der Waals surface area contributed by atoms with Crippen LogP contribution < -0.4 is 0 Å².